The Bertz CT molecular complexity index is 1020. The highest BCUT2D eigenvalue weighted by atomic mass is 35.5. The van der Waals surface area contributed by atoms with Crippen LogP contribution in [0.5, 0.6) is 5.75 Å². The van der Waals surface area contributed by atoms with Crippen molar-refractivity contribution in [3.05, 3.63) is 53.2 Å². The minimum atomic E-state index is 0.155. The van der Waals surface area contributed by atoms with E-state index >= 15 is 0 Å². The van der Waals surface area contributed by atoms with Gasteiger partial charge in [-0.25, -0.2) is 4.98 Å². The number of fused-ring (bicyclic) bond motifs is 1. The van der Waals surface area contributed by atoms with Crippen LogP contribution in [-0.4, -0.2) is 36.3 Å². The Labute approximate surface area is 156 Å². The average molecular weight is 365 g/mol. The Morgan fingerprint density at radius 2 is 1.92 bits per heavy atom. The number of piperazine rings is 1. The third-order valence-corrected chi connectivity index (χ3v) is 4.84. The topological polar surface area (TPSA) is 72.2 Å². The van der Waals surface area contributed by atoms with Gasteiger partial charge in [0.05, 0.1) is 0 Å². The molecule has 0 amide bonds. The summed E-state index contributed by atoms with van der Waals surface area (Å²) in [7, 11) is 0. The lowest BCUT2D eigenvalue weighted by molar-refractivity contribution is 0.476. The van der Waals surface area contributed by atoms with Gasteiger partial charge in [0.15, 0.2) is 5.69 Å². The summed E-state index contributed by atoms with van der Waals surface area (Å²) < 4.78 is 0. The van der Waals surface area contributed by atoms with Crippen LogP contribution in [0.4, 0.5) is 5.82 Å². The van der Waals surface area contributed by atoms with Gasteiger partial charge in [-0.15, -0.1) is 0 Å². The molecule has 1 aliphatic heterocycles. The smallest absolute Gasteiger partial charge is 0.151 e. The zero-order chi connectivity index (χ0) is 18.1. The van der Waals surface area contributed by atoms with E-state index in [2.05, 4.69) is 16.3 Å². The highest BCUT2D eigenvalue weighted by Gasteiger charge is 2.21. The maximum Gasteiger partial charge on any atom is 0.151 e. The van der Waals surface area contributed by atoms with Crippen LogP contribution in [0.2, 0.25) is 5.02 Å². The first-order valence-corrected chi connectivity index (χ1v) is 8.83. The van der Waals surface area contributed by atoms with Crippen molar-refractivity contribution in [1.82, 2.24) is 10.3 Å². The van der Waals surface area contributed by atoms with Crippen molar-refractivity contribution >= 4 is 28.2 Å². The fourth-order valence-corrected chi connectivity index (χ4v) is 3.61. The number of aromatic nitrogens is 1. The molecule has 1 aromatic heterocycles. The van der Waals surface area contributed by atoms with Crippen LogP contribution in [0.15, 0.2) is 42.5 Å². The first kappa shape index (κ1) is 16.6. The maximum atomic E-state index is 10.1. The molecule has 0 saturated carbocycles. The molecule has 6 heteroatoms. The van der Waals surface area contributed by atoms with Crippen molar-refractivity contribution in [3.63, 3.8) is 0 Å². The Morgan fingerprint density at radius 1 is 1.12 bits per heavy atom. The molecule has 0 aliphatic carbocycles. The lowest BCUT2D eigenvalue weighted by Gasteiger charge is -2.30. The van der Waals surface area contributed by atoms with Gasteiger partial charge in [-0.1, -0.05) is 23.7 Å². The fourth-order valence-electron chi connectivity index (χ4n) is 3.42. The Kier molecular flexibility index (Phi) is 4.37. The van der Waals surface area contributed by atoms with E-state index in [9.17, 15) is 10.4 Å². The van der Waals surface area contributed by atoms with Gasteiger partial charge < -0.3 is 15.3 Å². The number of aromatic hydroxyl groups is 1. The summed E-state index contributed by atoms with van der Waals surface area (Å²) in [6, 6.07) is 14.8. The molecule has 2 aromatic carbocycles. The summed E-state index contributed by atoms with van der Waals surface area (Å²) in [6.07, 6.45) is 0. The molecule has 5 nitrogen and oxygen atoms in total. The fraction of sp³-hybridized carbons (Fsp3) is 0.200. The zero-order valence-corrected chi connectivity index (χ0v) is 14.8. The Morgan fingerprint density at radius 3 is 2.65 bits per heavy atom. The summed E-state index contributed by atoms with van der Waals surface area (Å²) in [4.78, 5) is 6.87. The number of nitriles is 1. The summed E-state index contributed by atoms with van der Waals surface area (Å²) in [6.45, 7) is 3.40. The molecule has 130 valence electrons. The van der Waals surface area contributed by atoms with E-state index in [0.717, 1.165) is 48.3 Å². The summed E-state index contributed by atoms with van der Waals surface area (Å²) in [5, 5.41) is 25.5. The number of rotatable bonds is 2. The van der Waals surface area contributed by atoms with Crippen molar-refractivity contribution in [2.24, 2.45) is 0 Å². The SMILES string of the molecule is N#Cc1nc(N2CCNCC2)c2ccc(O)cc2c1-c1cccc(Cl)c1. The molecule has 0 radical (unpaired) electrons. The van der Waals surface area contributed by atoms with E-state index in [0.29, 0.717) is 16.3 Å². The second-order valence-corrected chi connectivity index (χ2v) is 6.68. The molecule has 26 heavy (non-hydrogen) atoms. The predicted molar refractivity (Wildman–Crippen MR) is 104 cm³/mol. The molecule has 2 heterocycles. The lowest BCUT2D eigenvalue weighted by Crippen LogP contribution is -2.44. The van der Waals surface area contributed by atoms with Crippen molar-refractivity contribution in [3.8, 4) is 22.9 Å². The molecule has 2 N–H and O–H groups in total. The second-order valence-electron chi connectivity index (χ2n) is 6.25. The number of anilines is 1. The molecule has 0 unspecified atom stereocenters. The highest BCUT2D eigenvalue weighted by molar-refractivity contribution is 6.31. The lowest BCUT2D eigenvalue weighted by atomic mass is 9.96. The molecule has 1 aliphatic rings. The van der Waals surface area contributed by atoms with E-state index < -0.39 is 0 Å². The number of nitrogens with zero attached hydrogens (tertiary/aromatic N) is 3. The third-order valence-electron chi connectivity index (χ3n) is 4.60. The highest BCUT2D eigenvalue weighted by Crippen LogP contribution is 2.38. The van der Waals surface area contributed by atoms with E-state index in [-0.39, 0.29) is 5.75 Å². The van der Waals surface area contributed by atoms with Crippen LogP contribution in [0.1, 0.15) is 5.69 Å². The quantitative estimate of drug-likeness (QED) is 0.727. The molecule has 0 spiro atoms. The monoisotopic (exact) mass is 364 g/mol. The number of benzene rings is 2. The van der Waals surface area contributed by atoms with Gasteiger partial charge in [-0.05, 0) is 41.3 Å². The Hall–Kier alpha value is -2.81. The van der Waals surface area contributed by atoms with E-state index in [4.69, 9.17) is 16.6 Å². The normalized spacial score (nSPS) is 14.4. The van der Waals surface area contributed by atoms with Gasteiger partial charge in [0.1, 0.15) is 17.6 Å². The van der Waals surface area contributed by atoms with Crippen molar-refractivity contribution in [1.29, 1.82) is 5.26 Å². The summed E-state index contributed by atoms with van der Waals surface area (Å²) >= 11 is 6.16. The van der Waals surface area contributed by atoms with Gasteiger partial charge in [0.2, 0.25) is 0 Å². The number of halogens is 1. The largest absolute Gasteiger partial charge is 0.508 e. The van der Waals surface area contributed by atoms with Crippen LogP contribution in [-0.2, 0) is 0 Å². The standard InChI is InChI=1S/C20H17ClN4O/c21-14-3-1-2-13(10-14)19-17-11-15(26)4-5-16(17)20(24-18(19)12-22)25-8-6-23-7-9-25/h1-5,10-11,23,26H,6-9H2. The number of hydrogen-bond donors (Lipinski definition) is 2. The van der Waals surface area contributed by atoms with Gasteiger partial charge in [0.25, 0.3) is 0 Å². The van der Waals surface area contributed by atoms with Gasteiger partial charge in [-0.2, -0.15) is 5.26 Å². The minimum Gasteiger partial charge on any atom is -0.508 e. The van der Waals surface area contributed by atoms with Gasteiger partial charge >= 0.3 is 0 Å². The van der Waals surface area contributed by atoms with Crippen LogP contribution in [0.25, 0.3) is 21.9 Å². The number of hydrogen-bond acceptors (Lipinski definition) is 5. The van der Waals surface area contributed by atoms with Crippen LogP contribution in [0, 0.1) is 11.3 Å². The predicted octanol–water partition coefficient (Wildman–Crippen LogP) is 3.54. The number of phenols is 1. The summed E-state index contributed by atoms with van der Waals surface area (Å²) in [5.74, 6) is 0.936. The number of pyridine rings is 1. The van der Waals surface area contributed by atoms with Crippen LogP contribution in [0.3, 0.4) is 0 Å². The van der Waals surface area contributed by atoms with Gasteiger partial charge in [-0.3, -0.25) is 0 Å². The van der Waals surface area contributed by atoms with Crippen LogP contribution < -0.4 is 10.2 Å². The van der Waals surface area contributed by atoms with Gasteiger partial charge in [0, 0.05) is 42.2 Å². The second kappa shape index (κ2) is 6.83. The molecule has 1 fully saturated rings. The van der Waals surface area contributed by atoms with E-state index in [1.165, 1.54) is 0 Å². The van der Waals surface area contributed by atoms with E-state index in [1.807, 2.05) is 24.3 Å². The maximum absolute atomic E-state index is 10.1. The Balaban J connectivity index is 2.03. The first-order valence-electron chi connectivity index (χ1n) is 8.46. The molecule has 0 atom stereocenters. The summed E-state index contributed by atoms with van der Waals surface area (Å²) in [5.41, 5.74) is 1.84. The third kappa shape index (κ3) is 2.94. The van der Waals surface area contributed by atoms with Crippen molar-refractivity contribution in [2.75, 3.05) is 31.1 Å². The zero-order valence-electron chi connectivity index (χ0n) is 14.0. The van der Waals surface area contributed by atoms with Crippen molar-refractivity contribution in [2.45, 2.75) is 0 Å². The number of nitrogens with one attached hydrogen (secondary N) is 1. The molecule has 0 bridgehead atoms. The average Bonchev–Trinajstić information content (AvgIpc) is 2.67. The van der Waals surface area contributed by atoms with Crippen LogP contribution >= 0.6 is 11.6 Å². The molecule has 4 rings (SSSR count). The number of phenolic OH excluding ortho intramolecular Hbond substituents is 1. The minimum absolute atomic E-state index is 0.155. The molecular weight excluding hydrogens is 348 g/mol. The van der Waals surface area contributed by atoms with E-state index in [1.54, 1.807) is 18.2 Å². The van der Waals surface area contributed by atoms with Crippen molar-refractivity contribution < 1.29 is 5.11 Å². The molecular formula is C20H17ClN4O. The molecule has 3 aromatic rings. The first-order chi connectivity index (χ1) is 12.7. The molecule has 1 saturated heterocycles.